The Morgan fingerprint density at radius 3 is 2.57 bits per heavy atom. The van der Waals surface area contributed by atoms with E-state index in [1.54, 1.807) is 42.3 Å². The summed E-state index contributed by atoms with van der Waals surface area (Å²) in [6.07, 6.45) is 3.68. The molecule has 0 atom stereocenters. The number of nitrogens with one attached hydrogen (secondary N) is 1. The van der Waals surface area contributed by atoms with Crippen LogP contribution in [0.15, 0.2) is 83.5 Å². The smallest absolute Gasteiger partial charge is 0.273 e. The molecule has 0 saturated heterocycles. The van der Waals surface area contributed by atoms with Gasteiger partial charge in [0, 0.05) is 5.92 Å². The molecule has 2 aromatic heterocycles. The summed E-state index contributed by atoms with van der Waals surface area (Å²) in [5, 5.41) is 7.59. The molecule has 0 unspecified atom stereocenters. The first-order valence-electron chi connectivity index (χ1n) is 11.5. The Morgan fingerprint density at radius 2 is 1.86 bits per heavy atom. The average molecular weight is 471 g/mol. The van der Waals surface area contributed by atoms with Crippen LogP contribution in [0, 0.1) is 0 Å². The number of para-hydroxylation sites is 3. The Balaban J connectivity index is 1.44. The van der Waals surface area contributed by atoms with Crippen LogP contribution < -0.4 is 10.1 Å². The molecule has 1 aliphatic rings. The summed E-state index contributed by atoms with van der Waals surface area (Å²) in [7, 11) is 1.54. The Hall–Kier alpha value is -4.33. The number of benzene rings is 2. The zero-order valence-corrected chi connectivity index (χ0v) is 19.4. The number of furan rings is 1. The van der Waals surface area contributed by atoms with Gasteiger partial charge in [0.1, 0.15) is 23.7 Å². The summed E-state index contributed by atoms with van der Waals surface area (Å²) in [4.78, 5) is 28.3. The number of carbonyl (C=O) groups excluding carboxylic acids is 2. The summed E-state index contributed by atoms with van der Waals surface area (Å²) in [6, 6.07) is 22.1. The highest BCUT2D eigenvalue weighted by Crippen LogP contribution is 2.40. The van der Waals surface area contributed by atoms with Gasteiger partial charge in [-0.2, -0.15) is 5.10 Å². The predicted molar refractivity (Wildman–Crippen MR) is 131 cm³/mol. The van der Waals surface area contributed by atoms with Gasteiger partial charge < -0.3 is 19.4 Å². The Morgan fingerprint density at radius 1 is 1.09 bits per heavy atom. The molecule has 2 aromatic carbocycles. The van der Waals surface area contributed by atoms with Crippen molar-refractivity contribution in [3.63, 3.8) is 0 Å². The Kier molecular flexibility index (Phi) is 6.34. The van der Waals surface area contributed by atoms with Gasteiger partial charge in [0.15, 0.2) is 0 Å². The zero-order valence-electron chi connectivity index (χ0n) is 19.4. The molecule has 8 heteroatoms. The number of anilines is 1. The number of amides is 2. The molecule has 5 rings (SSSR count). The van der Waals surface area contributed by atoms with E-state index < -0.39 is 0 Å². The highest BCUT2D eigenvalue weighted by molar-refractivity contribution is 5.99. The van der Waals surface area contributed by atoms with Crippen LogP contribution in [-0.2, 0) is 11.3 Å². The average Bonchev–Trinajstić information content (AvgIpc) is 3.42. The minimum atomic E-state index is -0.345. The van der Waals surface area contributed by atoms with Crippen LogP contribution in [0.25, 0.3) is 5.69 Å². The van der Waals surface area contributed by atoms with E-state index in [-0.39, 0.29) is 24.9 Å². The number of ether oxygens (including phenoxy) is 1. The van der Waals surface area contributed by atoms with Gasteiger partial charge in [-0.05, 0) is 55.3 Å². The molecule has 35 heavy (non-hydrogen) atoms. The fourth-order valence-electron chi connectivity index (χ4n) is 3.96. The third kappa shape index (κ3) is 5.11. The third-order valence-electron chi connectivity index (χ3n) is 5.87. The molecular weight excluding hydrogens is 444 g/mol. The topological polar surface area (TPSA) is 89.6 Å². The van der Waals surface area contributed by atoms with Crippen LogP contribution >= 0.6 is 0 Å². The van der Waals surface area contributed by atoms with E-state index in [0.717, 1.165) is 24.2 Å². The first-order valence-corrected chi connectivity index (χ1v) is 11.5. The van der Waals surface area contributed by atoms with Gasteiger partial charge in [-0.3, -0.25) is 9.59 Å². The lowest BCUT2D eigenvalue weighted by molar-refractivity contribution is -0.117. The quantitative estimate of drug-likeness (QED) is 0.385. The summed E-state index contributed by atoms with van der Waals surface area (Å²) in [5.41, 5.74) is 2.64. The van der Waals surface area contributed by atoms with Gasteiger partial charge in [-0.15, -0.1) is 0 Å². The number of methoxy groups -OCH3 is 1. The highest BCUT2D eigenvalue weighted by Gasteiger charge is 2.31. The van der Waals surface area contributed by atoms with E-state index in [9.17, 15) is 9.59 Å². The molecule has 0 spiro atoms. The maximum Gasteiger partial charge on any atom is 0.273 e. The van der Waals surface area contributed by atoms with Crippen molar-refractivity contribution in [2.24, 2.45) is 0 Å². The van der Waals surface area contributed by atoms with E-state index in [0.29, 0.717) is 28.8 Å². The molecule has 1 saturated carbocycles. The van der Waals surface area contributed by atoms with Crippen LogP contribution in [0.5, 0.6) is 5.75 Å². The van der Waals surface area contributed by atoms with Crippen molar-refractivity contribution in [2.45, 2.75) is 25.3 Å². The fraction of sp³-hybridized carbons (Fsp3) is 0.222. The van der Waals surface area contributed by atoms with Gasteiger partial charge in [0.2, 0.25) is 5.91 Å². The number of rotatable bonds is 9. The van der Waals surface area contributed by atoms with Gasteiger partial charge in [-0.25, -0.2) is 4.68 Å². The monoisotopic (exact) mass is 470 g/mol. The van der Waals surface area contributed by atoms with Crippen LogP contribution in [0.4, 0.5) is 5.69 Å². The predicted octanol–water partition coefficient (Wildman–Crippen LogP) is 4.63. The Labute approximate surface area is 203 Å². The molecule has 0 radical (unpaired) electrons. The van der Waals surface area contributed by atoms with Crippen molar-refractivity contribution in [1.29, 1.82) is 0 Å². The van der Waals surface area contributed by atoms with Crippen LogP contribution in [-0.4, -0.2) is 40.1 Å². The van der Waals surface area contributed by atoms with Gasteiger partial charge in [0.05, 0.1) is 37.0 Å². The van der Waals surface area contributed by atoms with Gasteiger partial charge in [0.25, 0.3) is 5.91 Å². The van der Waals surface area contributed by atoms with Gasteiger partial charge >= 0.3 is 0 Å². The molecule has 8 nitrogen and oxygen atoms in total. The molecule has 2 amide bonds. The van der Waals surface area contributed by atoms with Crippen LogP contribution in [0.2, 0.25) is 0 Å². The van der Waals surface area contributed by atoms with Crippen molar-refractivity contribution in [1.82, 2.24) is 14.7 Å². The summed E-state index contributed by atoms with van der Waals surface area (Å²) >= 11 is 0. The lowest BCUT2D eigenvalue weighted by atomic mass is 10.2. The van der Waals surface area contributed by atoms with E-state index in [1.165, 1.54) is 4.90 Å². The number of aromatic nitrogens is 2. The van der Waals surface area contributed by atoms with Crippen molar-refractivity contribution in [2.75, 3.05) is 19.0 Å². The van der Waals surface area contributed by atoms with E-state index in [4.69, 9.17) is 14.3 Å². The number of hydrogen-bond donors (Lipinski definition) is 1. The number of nitrogens with zero attached hydrogens (tertiary/aromatic N) is 3. The molecule has 1 aliphatic carbocycles. The highest BCUT2D eigenvalue weighted by atomic mass is 16.5. The lowest BCUT2D eigenvalue weighted by Crippen LogP contribution is -2.38. The molecule has 178 valence electrons. The molecule has 4 aromatic rings. The summed E-state index contributed by atoms with van der Waals surface area (Å²) in [5.74, 6) is 0.846. The van der Waals surface area contributed by atoms with E-state index in [2.05, 4.69) is 5.32 Å². The second kappa shape index (κ2) is 9.89. The summed E-state index contributed by atoms with van der Waals surface area (Å²) in [6.45, 7) is -0.0276. The van der Waals surface area contributed by atoms with Crippen molar-refractivity contribution >= 4 is 17.5 Å². The first kappa shape index (κ1) is 22.5. The molecule has 1 fully saturated rings. The van der Waals surface area contributed by atoms with Crippen molar-refractivity contribution < 1.29 is 18.7 Å². The molecule has 2 heterocycles. The molecule has 0 bridgehead atoms. The minimum absolute atomic E-state index is 0.143. The summed E-state index contributed by atoms with van der Waals surface area (Å²) < 4.78 is 12.5. The van der Waals surface area contributed by atoms with Crippen molar-refractivity contribution in [3.05, 3.63) is 96.2 Å². The molecular formula is C27H26N4O4. The van der Waals surface area contributed by atoms with Crippen molar-refractivity contribution in [3.8, 4) is 11.4 Å². The zero-order chi connectivity index (χ0) is 24.2. The Bertz CT molecular complexity index is 1310. The molecule has 1 N–H and O–H groups in total. The van der Waals surface area contributed by atoms with Gasteiger partial charge in [-0.1, -0.05) is 30.3 Å². The third-order valence-corrected chi connectivity index (χ3v) is 5.87. The number of hydrogen-bond acceptors (Lipinski definition) is 5. The standard InChI is InChI=1S/C27H26N4O4/c1-34-25-12-6-5-11-22(25)28-26(32)18-30(17-21-10-7-15-35-21)27(33)24-16-23(19-13-14-19)29-31(24)20-8-3-2-4-9-20/h2-12,15-16,19H,13-14,17-18H2,1H3,(H,28,32). The van der Waals surface area contributed by atoms with E-state index in [1.807, 2.05) is 48.5 Å². The second-order valence-corrected chi connectivity index (χ2v) is 8.47. The van der Waals surface area contributed by atoms with Crippen LogP contribution in [0.3, 0.4) is 0 Å². The largest absolute Gasteiger partial charge is 0.495 e. The normalized spacial score (nSPS) is 12.8. The number of carbonyl (C=O) groups is 2. The minimum Gasteiger partial charge on any atom is -0.495 e. The first-order chi connectivity index (χ1) is 17.1. The van der Waals surface area contributed by atoms with E-state index >= 15 is 0 Å². The fourth-order valence-corrected chi connectivity index (χ4v) is 3.96. The second-order valence-electron chi connectivity index (χ2n) is 8.47. The van der Waals surface area contributed by atoms with Crippen LogP contribution in [0.1, 0.15) is 40.7 Å². The SMILES string of the molecule is COc1ccccc1NC(=O)CN(Cc1ccco1)C(=O)c1cc(C2CC2)nn1-c1ccccc1. The molecule has 0 aliphatic heterocycles. The lowest BCUT2D eigenvalue weighted by Gasteiger charge is -2.22. The maximum atomic E-state index is 13.9. The maximum absolute atomic E-state index is 13.9.